The normalized spacial score (nSPS) is 11.2. The SMILES string of the molecule is Cc1ccsc1C(=O)n1c(C)c(CCN)c2ccccc21. The van der Waals surface area contributed by atoms with E-state index in [1.165, 1.54) is 16.9 Å². The Balaban J connectivity index is 2.25. The summed E-state index contributed by atoms with van der Waals surface area (Å²) in [6, 6.07) is 10.0. The molecule has 3 rings (SSSR count). The van der Waals surface area contributed by atoms with Crippen molar-refractivity contribution in [3.63, 3.8) is 0 Å². The van der Waals surface area contributed by atoms with Gasteiger partial charge in [-0.2, -0.15) is 0 Å². The van der Waals surface area contributed by atoms with E-state index in [0.29, 0.717) is 6.54 Å². The molecule has 108 valence electrons. The number of hydrogen-bond acceptors (Lipinski definition) is 3. The first-order valence-electron chi connectivity index (χ1n) is 7.03. The summed E-state index contributed by atoms with van der Waals surface area (Å²) in [7, 11) is 0. The Bertz CT molecular complexity index is 813. The van der Waals surface area contributed by atoms with Crippen LogP contribution in [0, 0.1) is 13.8 Å². The lowest BCUT2D eigenvalue weighted by Gasteiger charge is -2.07. The van der Waals surface area contributed by atoms with Gasteiger partial charge in [0.1, 0.15) is 0 Å². The third-order valence-electron chi connectivity index (χ3n) is 3.90. The molecule has 0 saturated carbocycles. The second kappa shape index (κ2) is 5.47. The van der Waals surface area contributed by atoms with Crippen molar-refractivity contribution >= 4 is 28.1 Å². The van der Waals surface area contributed by atoms with E-state index in [0.717, 1.165) is 33.5 Å². The van der Waals surface area contributed by atoms with Gasteiger partial charge >= 0.3 is 0 Å². The number of nitrogens with zero attached hydrogens (tertiary/aromatic N) is 1. The predicted molar refractivity (Wildman–Crippen MR) is 88.2 cm³/mol. The largest absolute Gasteiger partial charge is 0.330 e. The maximum absolute atomic E-state index is 12.9. The number of fused-ring (bicyclic) bond motifs is 1. The zero-order valence-electron chi connectivity index (χ0n) is 12.2. The minimum atomic E-state index is 0.0551. The van der Waals surface area contributed by atoms with E-state index < -0.39 is 0 Å². The van der Waals surface area contributed by atoms with Crippen LogP contribution in [0.25, 0.3) is 10.9 Å². The Morgan fingerprint density at radius 3 is 2.67 bits per heavy atom. The Labute approximate surface area is 128 Å². The maximum Gasteiger partial charge on any atom is 0.272 e. The van der Waals surface area contributed by atoms with E-state index in [2.05, 4.69) is 6.07 Å². The summed E-state index contributed by atoms with van der Waals surface area (Å²) in [6.45, 7) is 4.57. The summed E-state index contributed by atoms with van der Waals surface area (Å²) < 4.78 is 1.83. The summed E-state index contributed by atoms with van der Waals surface area (Å²) in [5.41, 5.74) is 9.91. The van der Waals surface area contributed by atoms with Crippen LogP contribution in [0.3, 0.4) is 0 Å². The molecule has 0 fully saturated rings. The summed E-state index contributed by atoms with van der Waals surface area (Å²) in [6.07, 6.45) is 0.788. The van der Waals surface area contributed by atoms with E-state index in [1.807, 2.05) is 48.1 Å². The van der Waals surface area contributed by atoms with Gasteiger partial charge in [-0.15, -0.1) is 11.3 Å². The number of nitrogens with two attached hydrogens (primary N) is 1. The molecule has 2 heterocycles. The molecule has 0 amide bonds. The third kappa shape index (κ3) is 2.20. The van der Waals surface area contributed by atoms with Gasteiger partial charge in [-0.05, 0) is 55.5 Å². The highest BCUT2D eigenvalue weighted by Gasteiger charge is 2.20. The molecule has 21 heavy (non-hydrogen) atoms. The number of hydrogen-bond donors (Lipinski definition) is 1. The van der Waals surface area contributed by atoms with Gasteiger partial charge < -0.3 is 5.73 Å². The molecule has 3 aromatic rings. The zero-order valence-corrected chi connectivity index (χ0v) is 13.0. The smallest absolute Gasteiger partial charge is 0.272 e. The van der Waals surface area contributed by atoms with Crippen LogP contribution in [-0.4, -0.2) is 17.0 Å². The molecule has 0 aliphatic carbocycles. The average molecular weight is 298 g/mol. The van der Waals surface area contributed by atoms with Crippen molar-refractivity contribution in [2.24, 2.45) is 5.73 Å². The number of carbonyl (C=O) groups is 1. The number of carbonyl (C=O) groups excluding carboxylic acids is 1. The molecule has 2 N–H and O–H groups in total. The Morgan fingerprint density at radius 2 is 2.00 bits per heavy atom. The van der Waals surface area contributed by atoms with E-state index in [-0.39, 0.29) is 5.91 Å². The molecule has 0 unspecified atom stereocenters. The zero-order chi connectivity index (χ0) is 15.0. The van der Waals surface area contributed by atoms with Gasteiger partial charge in [-0.1, -0.05) is 18.2 Å². The van der Waals surface area contributed by atoms with Crippen LogP contribution >= 0.6 is 11.3 Å². The average Bonchev–Trinajstić information content (AvgIpc) is 3.02. The van der Waals surface area contributed by atoms with E-state index in [1.54, 1.807) is 0 Å². The molecular weight excluding hydrogens is 280 g/mol. The fourth-order valence-corrected chi connectivity index (χ4v) is 3.70. The minimum absolute atomic E-state index is 0.0551. The van der Waals surface area contributed by atoms with Crippen LogP contribution in [0.4, 0.5) is 0 Å². The fourth-order valence-electron chi connectivity index (χ4n) is 2.85. The van der Waals surface area contributed by atoms with Crippen LogP contribution in [0.15, 0.2) is 35.7 Å². The van der Waals surface area contributed by atoms with Crippen molar-refractivity contribution in [2.45, 2.75) is 20.3 Å². The Hall–Kier alpha value is -1.91. The lowest BCUT2D eigenvalue weighted by atomic mass is 10.1. The molecule has 0 aliphatic rings. The number of aryl methyl sites for hydroxylation is 1. The van der Waals surface area contributed by atoms with Crippen molar-refractivity contribution in [3.05, 3.63) is 57.4 Å². The molecular formula is C17H18N2OS. The van der Waals surface area contributed by atoms with Crippen LogP contribution < -0.4 is 5.73 Å². The van der Waals surface area contributed by atoms with Crippen molar-refractivity contribution in [1.29, 1.82) is 0 Å². The van der Waals surface area contributed by atoms with Crippen LogP contribution in [-0.2, 0) is 6.42 Å². The molecule has 0 saturated heterocycles. The fraction of sp³-hybridized carbons (Fsp3) is 0.235. The highest BCUT2D eigenvalue weighted by atomic mass is 32.1. The van der Waals surface area contributed by atoms with Gasteiger partial charge in [0.05, 0.1) is 10.4 Å². The Kier molecular flexibility index (Phi) is 3.66. The van der Waals surface area contributed by atoms with E-state index >= 15 is 0 Å². The van der Waals surface area contributed by atoms with Gasteiger partial charge in [-0.3, -0.25) is 9.36 Å². The topological polar surface area (TPSA) is 48.0 Å². The second-order valence-corrected chi connectivity index (χ2v) is 6.11. The monoisotopic (exact) mass is 298 g/mol. The molecule has 0 aliphatic heterocycles. The van der Waals surface area contributed by atoms with Gasteiger partial charge in [0, 0.05) is 11.1 Å². The summed E-state index contributed by atoms with van der Waals surface area (Å²) in [5.74, 6) is 0.0551. The van der Waals surface area contributed by atoms with Crippen molar-refractivity contribution in [3.8, 4) is 0 Å². The molecule has 2 aromatic heterocycles. The molecule has 4 heteroatoms. The third-order valence-corrected chi connectivity index (χ3v) is 4.90. The predicted octanol–water partition coefficient (Wildman–Crippen LogP) is 3.51. The molecule has 0 bridgehead atoms. The van der Waals surface area contributed by atoms with Gasteiger partial charge in [0.2, 0.25) is 0 Å². The quantitative estimate of drug-likeness (QED) is 0.804. The molecule has 3 nitrogen and oxygen atoms in total. The van der Waals surface area contributed by atoms with Crippen molar-refractivity contribution in [2.75, 3.05) is 6.54 Å². The first-order valence-corrected chi connectivity index (χ1v) is 7.91. The molecule has 1 aromatic carbocycles. The number of rotatable bonds is 3. The standard InChI is InChI=1S/C17H18N2OS/c1-11-8-10-21-16(11)17(20)19-12(2)13(7-9-18)14-5-3-4-6-15(14)19/h3-6,8,10H,7,9,18H2,1-2H3. The first-order chi connectivity index (χ1) is 10.1. The number of thiophene rings is 1. The summed E-state index contributed by atoms with van der Waals surface area (Å²) in [5, 5.41) is 3.09. The number of para-hydroxylation sites is 1. The summed E-state index contributed by atoms with van der Waals surface area (Å²) in [4.78, 5) is 13.7. The highest BCUT2D eigenvalue weighted by Crippen LogP contribution is 2.28. The van der Waals surface area contributed by atoms with Crippen molar-refractivity contribution in [1.82, 2.24) is 4.57 Å². The van der Waals surface area contributed by atoms with Crippen molar-refractivity contribution < 1.29 is 4.79 Å². The van der Waals surface area contributed by atoms with Crippen LogP contribution in [0.5, 0.6) is 0 Å². The molecule has 0 spiro atoms. The first kappa shape index (κ1) is 14.0. The minimum Gasteiger partial charge on any atom is -0.330 e. The van der Waals surface area contributed by atoms with Gasteiger partial charge in [0.25, 0.3) is 5.91 Å². The number of aromatic nitrogens is 1. The second-order valence-electron chi connectivity index (χ2n) is 5.19. The lowest BCUT2D eigenvalue weighted by Crippen LogP contribution is -2.13. The van der Waals surface area contributed by atoms with Gasteiger partial charge in [-0.25, -0.2) is 0 Å². The van der Waals surface area contributed by atoms with Crippen LogP contribution in [0.1, 0.15) is 26.5 Å². The van der Waals surface area contributed by atoms with Gasteiger partial charge in [0.15, 0.2) is 0 Å². The maximum atomic E-state index is 12.9. The molecule has 0 atom stereocenters. The van der Waals surface area contributed by atoms with E-state index in [4.69, 9.17) is 5.73 Å². The Morgan fingerprint density at radius 1 is 1.24 bits per heavy atom. The van der Waals surface area contributed by atoms with E-state index in [9.17, 15) is 4.79 Å². The highest BCUT2D eigenvalue weighted by molar-refractivity contribution is 7.12. The van der Waals surface area contributed by atoms with Crippen LogP contribution in [0.2, 0.25) is 0 Å². The number of benzene rings is 1. The lowest BCUT2D eigenvalue weighted by molar-refractivity contribution is 0.0966. The molecule has 0 radical (unpaired) electrons. The summed E-state index contributed by atoms with van der Waals surface area (Å²) >= 11 is 1.50.